The molecular formula is C15H21NO3. The van der Waals surface area contributed by atoms with Gasteiger partial charge < -0.3 is 15.2 Å². The van der Waals surface area contributed by atoms with Crippen molar-refractivity contribution in [2.24, 2.45) is 5.92 Å². The molecule has 2 atom stereocenters. The van der Waals surface area contributed by atoms with Crippen LogP contribution < -0.4 is 10.1 Å². The topological polar surface area (TPSA) is 58.6 Å². The first kappa shape index (κ1) is 13.7. The van der Waals surface area contributed by atoms with Crippen molar-refractivity contribution in [2.75, 3.05) is 7.11 Å². The highest BCUT2D eigenvalue weighted by atomic mass is 16.5. The lowest BCUT2D eigenvalue weighted by Crippen LogP contribution is -2.38. The van der Waals surface area contributed by atoms with E-state index >= 15 is 0 Å². The first-order valence-electron chi connectivity index (χ1n) is 6.78. The lowest BCUT2D eigenvalue weighted by atomic mass is 9.87. The minimum absolute atomic E-state index is 0.0913. The molecule has 104 valence electrons. The number of phenolic OH excluding ortho intramolecular Hbond substituents is 1. The quantitative estimate of drug-likeness (QED) is 0.881. The maximum atomic E-state index is 12.2. The molecule has 0 spiro atoms. The number of ether oxygens (including phenoxy) is 1. The van der Waals surface area contributed by atoms with Gasteiger partial charge in [-0.25, -0.2) is 0 Å². The van der Waals surface area contributed by atoms with E-state index in [0.29, 0.717) is 11.7 Å². The van der Waals surface area contributed by atoms with Gasteiger partial charge in [-0.2, -0.15) is 0 Å². The summed E-state index contributed by atoms with van der Waals surface area (Å²) in [6, 6.07) is 5.16. The van der Waals surface area contributed by atoms with E-state index in [1.54, 1.807) is 18.2 Å². The van der Waals surface area contributed by atoms with Crippen molar-refractivity contribution in [3.05, 3.63) is 23.8 Å². The van der Waals surface area contributed by atoms with Gasteiger partial charge in [0.1, 0.15) is 0 Å². The Kier molecular flexibility index (Phi) is 4.30. The summed E-state index contributed by atoms with van der Waals surface area (Å²) < 4.78 is 5.01. The lowest BCUT2D eigenvalue weighted by Gasteiger charge is -2.27. The van der Waals surface area contributed by atoms with E-state index in [0.717, 1.165) is 19.3 Å². The monoisotopic (exact) mass is 263 g/mol. The zero-order valence-electron chi connectivity index (χ0n) is 11.5. The van der Waals surface area contributed by atoms with Gasteiger partial charge in [0.15, 0.2) is 11.5 Å². The maximum Gasteiger partial charge on any atom is 0.255 e. The fourth-order valence-electron chi connectivity index (χ4n) is 2.70. The Morgan fingerprint density at radius 3 is 2.89 bits per heavy atom. The third kappa shape index (κ3) is 3.19. The number of methoxy groups -OCH3 is 1. The Bertz CT molecular complexity index is 459. The zero-order valence-corrected chi connectivity index (χ0v) is 11.5. The Hall–Kier alpha value is -1.71. The van der Waals surface area contributed by atoms with E-state index < -0.39 is 0 Å². The van der Waals surface area contributed by atoms with Crippen LogP contribution in [-0.2, 0) is 0 Å². The summed E-state index contributed by atoms with van der Waals surface area (Å²) in [4.78, 5) is 12.2. The molecular weight excluding hydrogens is 242 g/mol. The molecule has 0 heterocycles. The van der Waals surface area contributed by atoms with Gasteiger partial charge >= 0.3 is 0 Å². The fraction of sp³-hybridized carbons (Fsp3) is 0.533. The largest absolute Gasteiger partial charge is 0.504 e. The number of carbonyl (C=O) groups is 1. The molecule has 2 rings (SSSR count). The smallest absolute Gasteiger partial charge is 0.255 e. The SMILES string of the molecule is COc1cccc(C(=O)NC2CCCC(C)C2)c1O. The fourth-order valence-corrected chi connectivity index (χ4v) is 2.70. The van der Waals surface area contributed by atoms with Crippen LogP contribution in [0.1, 0.15) is 43.0 Å². The predicted molar refractivity (Wildman–Crippen MR) is 73.5 cm³/mol. The highest BCUT2D eigenvalue weighted by Gasteiger charge is 2.22. The molecule has 1 aliphatic rings. The number of aromatic hydroxyl groups is 1. The first-order valence-corrected chi connectivity index (χ1v) is 6.78. The molecule has 2 N–H and O–H groups in total. The molecule has 1 aromatic rings. The molecule has 0 radical (unpaired) electrons. The van der Waals surface area contributed by atoms with Gasteiger partial charge in [-0.15, -0.1) is 0 Å². The van der Waals surface area contributed by atoms with Crippen LogP contribution in [0.5, 0.6) is 11.5 Å². The number of para-hydroxylation sites is 1. The molecule has 1 aliphatic carbocycles. The van der Waals surface area contributed by atoms with Gasteiger partial charge in [-0.05, 0) is 30.9 Å². The van der Waals surface area contributed by atoms with Crippen LogP contribution >= 0.6 is 0 Å². The van der Waals surface area contributed by atoms with E-state index in [2.05, 4.69) is 12.2 Å². The lowest BCUT2D eigenvalue weighted by molar-refractivity contribution is 0.0918. The number of hydrogen-bond donors (Lipinski definition) is 2. The summed E-state index contributed by atoms with van der Waals surface area (Å²) in [5.41, 5.74) is 0.276. The average molecular weight is 263 g/mol. The molecule has 0 aromatic heterocycles. The number of rotatable bonds is 3. The Morgan fingerprint density at radius 1 is 1.42 bits per heavy atom. The molecule has 0 bridgehead atoms. The highest BCUT2D eigenvalue weighted by molar-refractivity contribution is 5.97. The maximum absolute atomic E-state index is 12.2. The van der Waals surface area contributed by atoms with Crippen molar-refractivity contribution in [3.8, 4) is 11.5 Å². The van der Waals surface area contributed by atoms with Crippen molar-refractivity contribution in [2.45, 2.75) is 38.6 Å². The van der Waals surface area contributed by atoms with Crippen LogP contribution in [0.4, 0.5) is 0 Å². The second-order valence-corrected chi connectivity index (χ2v) is 5.30. The molecule has 0 aliphatic heterocycles. The molecule has 1 amide bonds. The van der Waals surface area contributed by atoms with Gasteiger partial charge in [0.05, 0.1) is 12.7 Å². The summed E-state index contributed by atoms with van der Waals surface area (Å²) in [7, 11) is 1.47. The molecule has 1 aromatic carbocycles. The summed E-state index contributed by atoms with van der Waals surface area (Å²) in [5, 5.41) is 13.0. The molecule has 19 heavy (non-hydrogen) atoms. The van der Waals surface area contributed by atoms with E-state index in [-0.39, 0.29) is 23.3 Å². The Morgan fingerprint density at radius 2 is 2.21 bits per heavy atom. The van der Waals surface area contributed by atoms with Crippen LogP contribution in [0.15, 0.2) is 18.2 Å². The number of benzene rings is 1. The zero-order chi connectivity index (χ0) is 13.8. The van der Waals surface area contributed by atoms with Crippen molar-refractivity contribution in [1.82, 2.24) is 5.32 Å². The Balaban J connectivity index is 2.07. The van der Waals surface area contributed by atoms with Crippen LogP contribution in [0.2, 0.25) is 0 Å². The first-order chi connectivity index (χ1) is 9.11. The van der Waals surface area contributed by atoms with Crippen molar-refractivity contribution in [3.63, 3.8) is 0 Å². The molecule has 4 nitrogen and oxygen atoms in total. The van der Waals surface area contributed by atoms with E-state index in [4.69, 9.17) is 4.74 Å². The molecule has 0 saturated heterocycles. The molecule has 2 unspecified atom stereocenters. The highest BCUT2D eigenvalue weighted by Crippen LogP contribution is 2.30. The summed E-state index contributed by atoms with van der Waals surface area (Å²) in [6.07, 6.45) is 4.41. The van der Waals surface area contributed by atoms with Crippen LogP contribution in [0, 0.1) is 5.92 Å². The molecule has 1 fully saturated rings. The standard InChI is InChI=1S/C15H21NO3/c1-10-5-3-6-11(9-10)16-15(18)12-7-4-8-13(19-2)14(12)17/h4,7-8,10-11,17H,3,5-6,9H2,1-2H3,(H,16,18). The number of hydrogen-bond acceptors (Lipinski definition) is 3. The van der Waals surface area contributed by atoms with Crippen LogP contribution in [0.25, 0.3) is 0 Å². The van der Waals surface area contributed by atoms with Crippen molar-refractivity contribution in [1.29, 1.82) is 0 Å². The number of nitrogens with one attached hydrogen (secondary N) is 1. The van der Waals surface area contributed by atoms with Crippen LogP contribution in [0.3, 0.4) is 0 Å². The summed E-state index contributed by atoms with van der Waals surface area (Å²) >= 11 is 0. The Labute approximate surface area is 113 Å². The normalized spacial score (nSPS) is 22.8. The van der Waals surface area contributed by atoms with Gasteiger partial charge in [0.2, 0.25) is 0 Å². The van der Waals surface area contributed by atoms with Crippen LogP contribution in [-0.4, -0.2) is 24.2 Å². The van der Waals surface area contributed by atoms with Crippen molar-refractivity contribution < 1.29 is 14.6 Å². The number of phenols is 1. The number of carbonyl (C=O) groups excluding carboxylic acids is 1. The molecule has 4 heteroatoms. The minimum atomic E-state index is -0.226. The second kappa shape index (κ2) is 5.95. The van der Waals surface area contributed by atoms with E-state index in [1.807, 2.05) is 0 Å². The average Bonchev–Trinajstić information content (AvgIpc) is 2.39. The third-order valence-electron chi connectivity index (χ3n) is 3.74. The van der Waals surface area contributed by atoms with Gasteiger partial charge in [0, 0.05) is 6.04 Å². The van der Waals surface area contributed by atoms with Gasteiger partial charge in [-0.3, -0.25) is 4.79 Å². The van der Waals surface area contributed by atoms with Crippen molar-refractivity contribution >= 4 is 5.91 Å². The number of amides is 1. The summed E-state index contributed by atoms with van der Waals surface area (Å²) in [5.74, 6) is 0.657. The second-order valence-electron chi connectivity index (χ2n) is 5.30. The third-order valence-corrected chi connectivity index (χ3v) is 3.74. The van der Waals surface area contributed by atoms with Gasteiger partial charge in [-0.1, -0.05) is 25.8 Å². The van der Waals surface area contributed by atoms with E-state index in [9.17, 15) is 9.90 Å². The predicted octanol–water partition coefficient (Wildman–Crippen LogP) is 2.71. The summed E-state index contributed by atoms with van der Waals surface area (Å²) in [6.45, 7) is 2.21. The molecule has 1 saturated carbocycles. The van der Waals surface area contributed by atoms with Gasteiger partial charge in [0.25, 0.3) is 5.91 Å². The minimum Gasteiger partial charge on any atom is -0.504 e. The van der Waals surface area contributed by atoms with E-state index in [1.165, 1.54) is 13.5 Å².